The van der Waals surface area contributed by atoms with Crippen molar-refractivity contribution in [2.45, 2.75) is 32.7 Å². The lowest BCUT2D eigenvalue weighted by atomic mass is 10.3. The van der Waals surface area contributed by atoms with Gasteiger partial charge in [0.2, 0.25) is 0 Å². The van der Waals surface area contributed by atoms with E-state index in [0.717, 1.165) is 25.0 Å². The van der Waals surface area contributed by atoms with Crippen molar-refractivity contribution in [1.82, 2.24) is 15.6 Å². The average Bonchev–Trinajstić information content (AvgIpc) is 2.52. The van der Waals surface area contributed by atoms with Crippen LogP contribution in [0.4, 0.5) is 0 Å². The predicted octanol–water partition coefficient (Wildman–Crippen LogP) is 1.02. The van der Waals surface area contributed by atoms with Gasteiger partial charge in [-0.3, -0.25) is 14.6 Å². The Morgan fingerprint density at radius 3 is 2.48 bits per heavy atom. The van der Waals surface area contributed by atoms with E-state index in [1.807, 2.05) is 0 Å². The third-order valence-corrected chi connectivity index (χ3v) is 2.80. The van der Waals surface area contributed by atoms with E-state index < -0.39 is 11.8 Å². The number of carbonyl (C=O) groups excluding carboxylic acids is 2. The van der Waals surface area contributed by atoms with Crippen molar-refractivity contribution >= 4 is 11.8 Å². The van der Waals surface area contributed by atoms with Gasteiger partial charge in [-0.05, 0) is 30.5 Å². The van der Waals surface area contributed by atoms with Gasteiger partial charge in [0.15, 0.2) is 0 Å². The van der Waals surface area contributed by atoms with Gasteiger partial charge in [0, 0.05) is 38.7 Å². The number of ether oxygens (including phenoxy) is 1. The largest absolute Gasteiger partial charge is 0.381 e. The minimum atomic E-state index is -0.626. The van der Waals surface area contributed by atoms with Crippen LogP contribution in [-0.4, -0.2) is 36.6 Å². The fraction of sp³-hybridized carbons (Fsp3) is 0.533. The molecule has 1 aromatic heterocycles. The molecule has 0 aromatic carbocycles. The second kappa shape index (κ2) is 10.8. The monoisotopic (exact) mass is 293 g/mol. The van der Waals surface area contributed by atoms with E-state index in [9.17, 15) is 9.59 Å². The lowest BCUT2D eigenvalue weighted by Crippen LogP contribution is -2.40. The molecule has 21 heavy (non-hydrogen) atoms. The molecule has 0 aliphatic heterocycles. The van der Waals surface area contributed by atoms with E-state index in [1.165, 1.54) is 0 Å². The van der Waals surface area contributed by atoms with Gasteiger partial charge in [-0.1, -0.05) is 13.3 Å². The normalized spacial score (nSPS) is 10.1. The van der Waals surface area contributed by atoms with E-state index in [1.54, 1.807) is 24.5 Å². The number of amides is 2. The molecule has 1 heterocycles. The topological polar surface area (TPSA) is 80.3 Å². The maximum absolute atomic E-state index is 11.6. The van der Waals surface area contributed by atoms with Gasteiger partial charge >= 0.3 is 11.8 Å². The van der Waals surface area contributed by atoms with Crippen LogP contribution >= 0.6 is 0 Å². The summed E-state index contributed by atoms with van der Waals surface area (Å²) in [7, 11) is 0. The Balaban J connectivity index is 2.07. The molecule has 0 saturated heterocycles. The first-order chi connectivity index (χ1) is 10.2. The molecule has 2 amide bonds. The van der Waals surface area contributed by atoms with Gasteiger partial charge in [0.1, 0.15) is 0 Å². The summed E-state index contributed by atoms with van der Waals surface area (Å²) in [5, 5.41) is 5.12. The fourth-order valence-electron chi connectivity index (χ4n) is 1.57. The van der Waals surface area contributed by atoms with Crippen LogP contribution in [0.15, 0.2) is 24.5 Å². The maximum Gasteiger partial charge on any atom is 0.309 e. The van der Waals surface area contributed by atoms with Crippen molar-refractivity contribution in [3.63, 3.8) is 0 Å². The molecule has 6 nitrogen and oxygen atoms in total. The zero-order valence-corrected chi connectivity index (χ0v) is 12.4. The van der Waals surface area contributed by atoms with Crippen LogP contribution in [0.2, 0.25) is 0 Å². The van der Waals surface area contributed by atoms with Crippen molar-refractivity contribution in [1.29, 1.82) is 0 Å². The Morgan fingerprint density at radius 1 is 1.10 bits per heavy atom. The Bertz CT molecular complexity index is 423. The molecule has 1 rings (SSSR count). The van der Waals surface area contributed by atoms with Gasteiger partial charge in [-0.2, -0.15) is 0 Å². The molecule has 116 valence electrons. The molecule has 6 heteroatoms. The summed E-state index contributed by atoms with van der Waals surface area (Å²) in [4.78, 5) is 27.0. The second-order valence-corrected chi connectivity index (χ2v) is 4.61. The van der Waals surface area contributed by atoms with Crippen molar-refractivity contribution in [2.75, 3.05) is 19.8 Å². The molecule has 1 aromatic rings. The summed E-state index contributed by atoms with van der Waals surface area (Å²) in [6, 6.07) is 3.57. The summed E-state index contributed by atoms with van der Waals surface area (Å²) in [6.07, 6.45) is 6.13. The summed E-state index contributed by atoms with van der Waals surface area (Å²) in [5.74, 6) is -1.24. The fourth-order valence-corrected chi connectivity index (χ4v) is 1.57. The Hall–Kier alpha value is -1.95. The van der Waals surface area contributed by atoms with Crippen LogP contribution in [0.5, 0.6) is 0 Å². The van der Waals surface area contributed by atoms with Gasteiger partial charge in [0.05, 0.1) is 0 Å². The average molecular weight is 293 g/mol. The van der Waals surface area contributed by atoms with Gasteiger partial charge in [0.25, 0.3) is 0 Å². The summed E-state index contributed by atoms with van der Waals surface area (Å²) >= 11 is 0. The van der Waals surface area contributed by atoms with Crippen molar-refractivity contribution < 1.29 is 14.3 Å². The van der Waals surface area contributed by atoms with E-state index in [0.29, 0.717) is 26.1 Å². The SMILES string of the molecule is CCCCOCCCNC(=O)C(=O)NCc1ccncc1. The van der Waals surface area contributed by atoms with Crippen LogP contribution in [0.25, 0.3) is 0 Å². The highest BCUT2D eigenvalue weighted by Gasteiger charge is 2.11. The zero-order valence-electron chi connectivity index (χ0n) is 12.4. The number of carbonyl (C=O) groups is 2. The van der Waals surface area contributed by atoms with Crippen LogP contribution in [-0.2, 0) is 20.9 Å². The molecule has 0 fully saturated rings. The van der Waals surface area contributed by atoms with Gasteiger partial charge in [-0.15, -0.1) is 0 Å². The van der Waals surface area contributed by atoms with E-state index >= 15 is 0 Å². The lowest BCUT2D eigenvalue weighted by Gasteiger charge is -2.07. The first-order valence-electron chi connectivity index (χ1n) is 7.26. The zero-order chi connectivity index (χ0) is 15.3. The quantitative estimate of drug-likeness (QED) is 0.526. The van der Waals surface area contributed by atoms with E-state index in [4.69, 9.17) is 4.74 Å². The number of rotatable bonds is 9. The number of hydrogen-bond donors (Lipinski definition) is 2. The first-order valence-corrected chi connectivity index (χ1v) is 7.26. The third kappa shape index (κ3) is 8.04. The van der Waals surface area contributed by atoms with Crippen molar-refractivity contribution in [3.8, 4) is 0 Å². The molecule has 2 N–H and O–H groups in total. The Morgan fingerprint density at radius 2 is 1.76 bits per heavy atom. The molecule has 0 spiro atoms. The van der Waals surface area contributed by atoms with Crippen LogP contribution < -0.4 is 10.6 Å². The Labute approximate surface area is 125 Å². The molecular formula is C15H23N3O3. The maximum atomic E-state index is 11.6. The minimum Gasteiger partial charge on any atom is -0.381 e. The number of aromatic nitrogens is 1. The highest BCUT2D eigenvalue weighted by atomic mass is 16.5. The molecular weight excluding hydrogens is 270 g/mol. The smallest absolute Gasteiger partial charge is 0.309 e. The van der Waals surface area contributed by atoms with E-state index in [2.05, 4.69) is 22.5 Å². The number of hydrogen-bond acceptors (Lipinski definition) is 4. The summed E-state index contributed by atoms with van der Waals surface area (Å²) < 4.78 is 5.36. The summed E-state index contributed by atoms with van der Waals surface area (Å²) in [5.41, 5.74) is 0.899. The molecule has 0 radical (unpaired) electrons. The summed E-state index contributed by atoms with van der Waals surface area (Å²) in [6.45, 7) is 4.20. The van der Waals surface area contributed by atoms with Gasteiger partial charge in [-0.25, -0.2) is 0 Å². The third-order valence-electron chi connectivity index (χ3n) is 2.80. The number of nitrogens with zero attached hydrogens (tertiary/aromatic N) is 1. The highest BCUT2D eigenvalue weighted by Crippen LogP contribution is 1.94. The van der Waals surface area contributed by atoms with Crippen LogP contribution in [0.1, 0.15) is 31.7 Å². The van der Waals surface area contributed by atoms with E-state index in [-0.39, 0.29) is 0 Å². The first kappa shape index (κ1) is 17.1. The molecule has 0 saturated carbocycles. The molecule has 0 unspecified atom stereocenters. The molecule has 0 aliphatic rings. The number of pyridine rings is 1. The molecule has 0 aliphatic carbocycles. The van der Waals surface area contributed by atoms with Crippen molar-refractivity contribution in [3.05, 3.63) is 30.1 Å². The van der Waals surface area contributed by atoms with Crippen LogP contribution in [0.3, 0.4) is 0 Å². The standard InChI is InChI=1S/C15H23N3O3/c1-2-3-10-21-11-4-7-17-14(19)15(20)18-12-13-5-8-16-9-6-13/h5-6,8-9H,2-4,7,10-12H2,1H3,(H,17,19)(H,18,20). The lowest BCUT2D eigenvalue weighted by molar-refractivity contribution is -0.139. The van der Waals surface area contributed by atoms with Crippen molar-refractivity contribution in [2.24, 2.45) is 0 Å². The second-order valence-electron chi connectivity index (χ2n) is 4.61. The van der Waals surface area contributed by atoms with Gasteiger partial charge < -0.3 is 15.4 Å². The van der Waals surface area contributed by atoms with Crippen LogP contribution in [0, 0.1) is 0 Å². The highest BCUT2D eigenvalue weighted by molar-refractivity contribution is 6.35. The molecule has 0 atom stereocenters. The predicted molar refractivity (Wildman–Crippen MR) is 79.4 cm³/mol. The molecule has 0 bridgehead atoms. The minimum absolute atomic E-state index is 0.314. The Kier molecular flexibility index (Phi) is 8.79. The number of unbranched alkanes of at least 4 members (excludes halogenated alkanes) is 1. The number of nitrogens with one attached hydrogen (secondary N) is 2.